The quantitative estimate of drug-likeness (QED) is 0.841. The first-order valence-electron chi connectivity index (χ1n) is 5.87. The molecule has 4 nitrogen and oxygen atoms in total. The zero-order valence-electron chi connectivity index (χ0n) is 9.85. The van der Waals surface area contributed by atoms with Crippen molar-refractivity contribution in [1.29, 1.82) is 0 Å². The number of hydrogen-bond donors (Lipinski definition) is 2. The average molecular weight is 235 g/mol. The van der Waals surface area contributed by atoms with Crippen molar-refractivity contribution in [3.05, 3.63) is 24.3 Å². The van der Waals surface area contributed by atoms with Gasteiger partial charge in [-0.15, -0.1) is 0 Å². The Labute approximate surface area is 101 Å². The summed E-state index contributed by atoms with van der Waals surface area (Å²) in [5.74, 6) is 0.574. The zero-order chi connectivity index (χ0) is 12.3. The lowest BCUT2D eigenvalue weighted by atomic mass is 10.2. The van der Waals surface area contributed by atoms with E-state index >= 15 is 0 Å². The molecular weight excluding hydrogens is 218 g/mol. The van der Waals surface area contributed by atoms with Gasteiger partial charge in [-0.05, 0) is 31.4 Å². The first-order valence-corrected chi connectivity index (χ1v) is 5.87. The second-order valence-corrected chi connectivity index (χ2v) is 4.36. The fraction of sp³-hybridized carbons (Fsp3) is 0.462. The van der Waals surface area contributed by atoms with Gasteiger partial charge in [-0.2, -0.15) is 0 Å². The molecule has 1 aromatic rings. The van der Waals surface area contributed by atoms with Crippen LogP contribution in [0.15, 0.2) is 24.3 Å². The lowest BCUT2D eigenvalue weighted by molar-refractivity contribution is -0.114. The highest BCUT2D eigenvalue weighted by Gasteiger charge is 2.26. The van der Waals surface area contributed by atoms with Gasteiger partial charge in [0.15, 0.2) is 0 Å². The fourth-order valence-electron chi connectivity index (χ4n) is 2.07. The predicted molar refractivity (Wildman–Crippen MR) is 65.0 cm³/mol. The van der Waals surface area contributed by atoms with Gasteiger partial charge in [-0.1, -0.05) is 6.07 Å². The van der Waals surface area contributed by atoms with Gasteiger partial charge < -0.3 is 15.2 Å². The number of aliphatic hydroxyl groups excluding tert-OH is 1. The van der Waals surface area contributed by atoms with Crippen LogP contribution in [-0.4, -0.2) is 23.2 Å². The number of anilines is 1. The van der Waals surface area contributed by atoms with Crippen molar-refractivity contribution in [1.82, 2.24) is 0 Å². The molecule has 0 radical (unpaired) electrons. The van der Waals surface area contributed by atoms with Gasteiger partial charge in [-0.3, -0.25) is 4.79 Å². The third-order valence-electron chi connectivity index (χ3n) is 2.86. The number of benzene rings is 1. The topological polar surface area (TPSA) is 58.6 Å². The van der Waals surface area contributed by atoms with Crippen molar-refractivity contribution in [2.75, 3.05) is 5.32 Å². The minimum atomic E-state index is -0.376. The summed E-state index contributed by atoms with van der Waals surface area (Å²) < 4.78 is 5.71. The van der Waals surface area contributed by atoms with Crippen LogP contribution in [0, 0.1) is 0 Å². The number of ether oxygens (including phenoxy) is 1. The maximum Gasteiger partial charge on any atom is 0.221 e. The molecular formula is C13H17NO3. The van der Waals surface area contributed by atoms with Crippen molar-refractivity contribution in [2.45, 2.75) is 38.4 Å². The van der Waals surface area contributed by atoms with Crippen LogP contribution in [0.5, 0.6) is 5.75 Å². The van der Waals surface area contributed by atoms with Crippen LogP contribution in [0.3, 0.4) is 0 Å². The van der Waals surface area contributed by atoms with E-state index in [0.29, 0.717) is 11.4 Å². The lowest BCUT2D eigenvalue weighted by Gasteiger charge is -2.17. The Hall–Kier alpha value is -1.55. The summed E-state index contributed by atoms with van der Waals surface area (Å²) in [5.41, 5.74) is 0.711. The maximum absolute atomic E-state index is 10.9. The largest absolute Gasteiger partial charge is 0.488 e. The van der Waals surface area contributed by atoms with Gasteiger partial charge in [-0.25, -0.2) is 0 Å². The van der Waals surface area contributed by atoms with Gasteiger partial charge in [0.1, 0.15) is 11.9 Å². The number of rotatable bonds is 3. The molecule has 2 N–H and O–H groups in total. The van der Waals surface area contributed by atoms with Gasteiger partial charge in [0.25, 0.3) is 0 Å². The normalized spacial score (nSPS) is 23.4. The van der Waals surface area contributed by atoms with E-state index in [0.717, 1.165) is 19.3 Å². The van der Waals surface area contributed by atoms with Gasteiger partial charge in [0, 0.05) is 18.7 Å². The van der Waals surface area contributed by atoms with Gasteiger partial charge in [0.05, 0.1) is 6.10 Å². The Balaban J connectivity index is 2.03. The Kier molecular flexibility index (Phi) is 3.64. The lowest BCUT2D eigenvalue weighted by Crippen LogP contribution is -2.25. The second kappa shape index (κ2) is 5.19. The average Bonchev–Trinajstić information content (AvgIpc) is 2.64. The molecule has 1 amide bonds. The van der Waals surface area contributed by atoms with E-state index in [1.807, 2.05) is 12.1 Å². The Bertz CT molecular complexity index is 405. The minimum absolute atomic E-state index is 0.108. The molecule has 92 valence electrons. The molecule has 1 saturated carbocycles. The molecule has 0 bridgehead atoms. The molecule has 1 fully saturated rings. The highest BCUT2D eigenvalue weighted by Crippen LogP contribution is 2.26. The van der Waals surface area contributed by atoms with Crippen molar-refractivity contribution in [3.63, 3.8) is 0 Å². The first-order chi connectivity index (χ1) is 8.15. The number of nitrogens with one attached hydrogen (secondary N) is 1. The number of carbonyl (C=O) groups excluding carboxylic acids is 1. The standard InChI is InChI=1S/C13H17NO3/c1-9(15)14-10-4-2-5-11(8-10)17-13-7-3-6-12(13)16/h2,4-5,8,12-13,16H,3,6-7H2,1H3,(H,14,15)/t12-,13-/m0/s1. The molecule has 1 aromatic carbocycles. The summed E-state index contributed by atoms with van der Waals surface area (Å²) >= 11 is 0. The smallest absolute Gasteiger partial charge is 0.221 e. The molecule has 0 unspecified atom stereocenters. The van der Waals surface area contributed by atoms with E-state index in [1.165, 1.54) is 6.92 Å². The van der Waals surface area contributed by atoms with Crippen molar-refractivity contribution < 1.29 is 14.6 Å². The monoisotopic (exact) mass is 235 g/mol. The summed E-state index contributed by atoms with van der Waals surface area (Å²) in [7, 11) is 0. The molecule has 17 heavy (non-hydrogen) atoms. The maximum atomic E-state index is 10.9. The molecule has 0 saturated heterocycles. The molecule has 4 heteroatoms. The second-order valence-electron chi connectivity index (χ2n) is 4.36. The summed E-state index contributed by atoms with van der Waals surface area (Å²) in [6, 6.07) is 7.23. The fourth-order valence-corrected chi connectivity index (χ4v) is 2.07. The predicted octanol–water partition coefficient (Wildman–Crippen LogP) is 1.94. The zero-order valence-corrected chi connectivity index (χ0v) is 9.85. The van der Waals surface area contributed by atoms with Crippen LogP contribution < -0.4 is 10.1 Å². The van der Waals surface area contributed by atoms with E-state index in [-0.39, 0.29) is 18.1 Å². The number of hydrogen-bond acceptors (Lipinski definition) is 3. The van der Waals surface area contributed by atoms with Crippen molar-refractivity contribution in [3.8, 4) is 5.75 Å². The van der Waals surface area contributed by atoms with Crippen LogP contribution in [0.25, 0.3) is 0 Å². The summed E-state index contributed by atoms with van der Waals surface area (Å²) in [6.45, 7) is 1.47. The van der Waals surface area contributed by atoms with Gasteiger partial charge in [0.2, 0.25) is 5.91 Å². The van der Waals surface area contributed by atoms with E-state index < -0.39 is 0 Å². The highest BCUT2D eigenvalue weighted by atomic mass is 16.5. The van der Waals surface area contributed by atoms with Crippen molar-refractivity contribution in [2.24, 2.45) is 0 Å². The number of amides is 1. The molecule has 1 aliphatic rings. The van der Waals surface area contributed by atoms with Crippen LogP contribution in [-0.2, 0) is 4.79 Å². The SMILES string of the molecule is CC(=O)Nc1cccc(O[C@H]2CCC[C@@H]2O)c1. The molecule has 2 rings (SSSR count). The number of carbonyl (C=O) groups is 1. The summed E-state index contributed by atoms with van der Waals surface area (Å²) in [6.07, 6.45) is 2.18. The Morgan fingerprint density at radius 2 is 2.29 bits per heavy atom. The van der Waals surface area contributed by atoms with E-state index in [1.54, 1.807) is 12.1 Å². The molecule has 0 aliphatic heterocycles. The third kappa shape index (κ3) is 3.20. The number of aliphatic hydroxyl groups is 1. The molecule has 0 spiro atoms. The van der Waals surface area contributed by atoms with Crippen molar-refractivity contribution >= 4 is 11.6 Å². The molecule has 2 atom stereocenters. The molecule has 1 aliphatic carbocycles. The molecule has 0 heterocycles. The summed E-state index contributed by atoms with van der Waals surface area (Å²) in [4.78, 5) is 10.9. The third-order valence-corrected chi connectivity index (χ3v) is 2.86. The van der Waals surface area contributed by atoms with Crippen LogP contribution in [0.2, 0.25) is 0 Å². The van der Waals surface area contributed by atoms with E-state index in [4.69, 9.17) is 4.74 Å². The Morgan fingerprint density at radius 1 is 1.47 bits per heavy atom. The van der Waals surface area contributed by atoms with E-state index in [9.17, 15) is 9.90 Å². The minimum Gasteiger partial charge on any atom is -0.488 e. The Morgan fingerprint density at radius 3 is 2.94 bits per heavy atom. The van der Waals surface area contributed by atoms with E-state index in [2.05, 4.69) is 5.32 Å². The molecule has 0 aromatic heterocycles. The summed E-state index contributed by atoms with van der Waals surface area (Å²) in [5, 5.41) is 12.4. The van der Waals surface area contributed by atoms with Crippen LogP contribution >= 0.6 is 0 Å². The first kappa shape index (κ1) is 11.9. The van der Waals surface area contributed by atoms with Crippen LogP contribution in [0.4, 0.5) is 5.69 Å². The van der Waals surface area contributed by atoms with Gasteiger partial charge >= 0.3 is 0 Å². The van der Waals surface area contributed by atoms with Crippen LogP contribution in [0.1, 0.15) is 26.2 Å². The highest BCUT2D eigenvalue weighted by molar-refractivity contribution is 5.88.